The van der Waals surface area contributed by atoms with Gasteiger partial charge < -0.3 is 34.0 Å². The maximum Gasteiger partial charge on any atom is 0.472 e. The molecular weight excluding hydrogens is 766 g/mol. The van der Waals surface area contributed by atoms with Crippen LogP contribution in [0.4, 0.5) is 0 Å². The second-order valence-corrected chi connectivity index (χ2v) is 16.7. The van der Waals surface area contributed by atoms with Gasteiger partial charge in [0.25, 0.3) is 0 Å². The van der Waals surface area contributed by atoms with E-state index in [0.29, 0.717) is 37.4 Å². The Hall–Kier alpha value is -2.22. The van der Waals surface area contributed by atoms with Gasteiger partial charge in [-0.05, 0) is 57.3 Å². The number of hydrogen-bond acceptors (Lipinski definition) is 11. The van der Waals surface area contributed by atoms with Crippen LogP contribution in [0.2, 0.25) is 0 Å². The molecule has 4 N–H and O–H groups in total. The van der Waals surface area contributed by atoms with E-state index < -0.39 is 66.2 Å². The molecule has 5 atom stereocenters. The summed E-state index contributed by atoms with van der Waals surface area (Å²) in [6, 6.07) is 0. The van der Waals surface area contributed by atoms with Gasteiger partial charge in [0.1, 0.15) is 12.7 Å². The van der Waals surface area contributed by atoms with E-state index in [4.69, 9.17) is 28.5 Å². The highest BCUT2D eigenvalue weighted by Crippen LogP contribution is 2.43. The van der Waals surface area contributed by atoms with Gasteiger partial charge in [-0.15, -0.1) is 0 Å². The highest BCUT2D eigenvalue weighted by molar-refractivity contribution is 7.47. The molecule has 0 spiro atoms. The molecule has 0 aromatic carbocycles. The number of esters is 2. The largest absolute Gasteiger partial charge is 0.472 e. The number of aliphatic hydroxyl groups is 1. The fourth-order valence-corrected chi connectivity index (χ4v) is 6.28. The Labute approximate surface area is 334 Å². The lowest BCUT2D eigenvalue weighted by molar-refractivity contribution is -0.161. The number of phosphoric ester groups is 2. The second-order valence-electron chi connectivity index (χ2n) is 14.0. The summed E-state index contributed by atoms with van der Waals surface area (Å²) in [6.07, 6.45) is 31.8. The Morgan fingerprint density at radius 2 is 1.20 bits per heavy atom. The molecule has 1 aliphatic heterocycles. The lowest BCUT2D eigenvalue weighted by Gasteiger charge is -2.20. The third kappa shape index (κ3) is 32.8. The zero-order valence-corrected chi connectivity index (χ0v) is 35.4. The maximum absolute atomic E-state index is 12.6. The Kier molecular flexibility index (Phi) is 29.4. The molecule has 1 rings (SSSR count). The number of allylic oxidation sites excluding steroid dienone is 8. The fourth-order valence-electron chi connectivity index (χ4n) is 5.13. The Bertz CT molecular complexity index is 1310. The number of carbonyl (C=O) groups is 2. The molecule has 0 aromatic heterocycles. The summed E-state index contributed by atoms with van der Waals surface area (Å²) in [6.45, 7) is 3.72. The van der Waals surface area contributed by atoms with Gasteiger partial charge in [0.15, 0.2) is 6.10 Å². The van der Waals surface area contributed by atoms with Crippen LogP contribution in [0.3, 0.4) is 0 Å². The highest BCUT2D eigenvalue weighted by Gasteiger charge is 2.36. The smallest absolute Gasteiger partial charge is 0.462 e. The fraction of sp³-hybridized carbons (Fsp3) is 0.700. The molecule has 1 fully saturated rings. The van der Waals surface area contributed by atoms with Crippen LogP contribution in [0.1, 0.15) is 124 Å². The summed E-state index contributed by atoms with van der Waals surface area (Å²) in [7, 11) is -9.69. The number of phosphoric acid groups is 2. The summed E-state index contributed by atoms with van der Waals surface area (Å²) in [4.78, 5) is 52.4. The molecule has 0 radical (unpaired) electrons. The molecule has 0 aliphatic carbocycles. The predicted octanol–water partition coefficient (Wildman–Crippen LogP) is 8.51. The zero-order chi connectivity index (χ0) is 41.5. The third-order valence-corrected chi connectivity index (χ3v) is 9.69. The van der Waals surface area contributed by atoms with Gasteiger partial charge in [-0.2, -0.15) is 0 Å². The van der Waals surface area contributed by atoms with Crippen LogP contribution >= 0.6 is 15.6 Å². The monoisotopic (exact) mass is 834 g/mol. The number of unbranched alkanes of at least 4 members (excludes halogenated alkanes) is 5. The van der Waals surface area contributed by atoms with Crippen LogP contribution in [0.15, 0.2) is 60.8 Å². The topological polar surface area (TPSA) is 208 Å². The van der Waals surface area contributed by atoms with E-state index in [1.165, 1.54) is 12.8 Å². The molecule has 0 saturated carbocycles. The SMILES string of the molecule is CC/C=C\CC1OC1C/C=C\C/C=C\C/C=C\C/C=C\CCC(=O)OC[C@H](COP(=O)(O)OC[C@@H](O)COP(=O)(O)O)OC(=O)CCCCCCCCC(C)C. The minimum Gasteiger partial charge on any atom is -0.462 e. The molecule has 322 valence electrons. The van der Waals surface area contributed by atoms with Crippen molar-refractivity contribution in [3.8, 4) is 0 Å². The van der Waals surface area contributed by atoms with Gasteiger partial charge in [0.05, 0.1) is 32.0 Å². The molecule has 3 unspecified atom stereocenters. The van der Waals surface area contributed by atoms with Crippen molar-refractivity contribution in [3.05, 3.63) is 60.8 Å². The van der Waals surface area contributed by atoms with Crippen molar-refractivity contribution < 1.29 is 66.3 Å². The average Bonchev–Trinajstić information content (AvgIpc) is 3.89. The van der Waals surface area contributed by atoms with Crippen molar-refractivity contribution in [2.24, 2.45) is 5.92 Å². The van der Waals surface area contributed by atoms with Gasteiger partial charge in [0.2, 0.25) is 0 Å². The number of ether oxygens (including phenoxy) is 3. The number of epoxide rings is 1. The summed E-state index contributed by atoms with van der Waals surface area (Å²) < 4.78 is 53.1. The Morgan fingerprint density at radius 3 is 1.80 bits per heavy atom. The van der Waals surface area contributed by atoms with Crippen molar-refractivity contribution >= 4 is 27.6 Å². The second kappa shape index (κ2) is 31.7. The van der Waals surface area contributed by atoms with E-state index in [9.17, 15) is 28.7 Å². The van der Waals surface area contributed by atoms with Crippen molar-refractivity contribution in [2.75, 3.05) is 26.4 Å². The predicted molar refractivity (Wildman–Crippen MR) is 215 cm³/mol. The maximum atomic E-state index is 12.6. The molecule has 1 saturated heterocycles. The van der Waals surface area contributed by atoms with Crippen LogP contribution in [0, 0.1) is 5.92 Å². The average molecular weight is 835 g/mol. The van der Waals surface area contributed by atoms with E-state index in [1.54, 1.807) is 0 Å². The number of hydrogen-bond donors (Lipinski definition) is 4. The summed E-state index contributed by atoms with van der Waals surface area (Å²) in [5, 5.41) is 9.71. The van der Waals surface area contributed by atoms with Crippen LogP contribution in [0.5, 0.6) is 0 Å². The first-order chi connectivity index (χ1) is 26.7. The van der Waals surface area contributed by atoms with Crippen molar-refractivity contribution in [3.63, 3.8) is 0 Å². The molecular formula is C40H68O14P2. The standard InChI is InChI=1S/C40H68O14P2/c1-4-5-20-26-37-38(54-37)27-22-17-12-10-8-6-7-9-11-13-18-23-28-39(42)49-32-36(53-40(43)29-24-19-15-14-16-21-25-34(2)3)33-52-56(47,48)51-31-35(41)30-50-55(44,45)46/h5,7-10,13,17-18,20,22,34-38,41H,4,6,11-12,14-16,19,21,23-33H2,1-3H3,(H,47,48)(H2,44,45,46)/b9-7-,10-8-,18-13-,20-5-,22-17-/t35-,36+,37?,38?/m0/s1. The van der Waals surface area contributed by atoms with Gasteiger partial charge >= 0.3 is 27.6 Å². The first-order valence-electron chi connectivity index (χ1n) is 20.0. The summed E-state index contributed by atoms with van der Waals surface area (Å²) in [5.41, 5.74) is 0. The summed E-state index contributed by atoms with van der Waals surface area (Å²) >= 11 is 0. The molecule has 16 heteroatoms. The normalized spacial score (nSPS) is 18.5. The lowest BCUT2D eigenvalue weighted by Crippen LogP contribution is -2.29. The highest BCUT2D eigenvalue weighted by atomic mass is 31.2. The van der Waals surface area contributed by atoms with E-state index in [-0.39, 0.29) is 12.8 Å². The van der Waals surface area contributed by atoms with Gasteiger partial charge in [-0.1, -0.05) is 120 Å². The lowest BCUT2D eigenvalue weighted by atomic mass is 10.0. The molecule has 0 aromatic rings. The zero-order valence-electron chi connectivity index (χ0n) is 33.6. The quantitative estimate of drug-likeness (QED) is 0.0155. The first-order valence-corrected chi connectivity index (χ1v) is 23.0. The Morgan fingerprint density at radius 1 is 0.661 bits per heavy atom. The molecule has 0 amide bonds. The molecule has 1 aliphatic rings. The minimum absolute atomic E-state index is 0.0643. The van der Waals surface area contributed by atoms with Crippen LogP contribution < -0.4 is 0 Å². The van der Waals surface area contributed by atoms with E-state index in [2.05, 4.69) is 72.4 Å². The van der Waals surface area contributed by atoms with Crippen LogP contribution in [-0.2, 0) is 46.5 Å². The summed E-state index contributed by atoms with van der Waals surface area (Å²) in [5.74, 6) is -0.464. The number of rotatable bonds is 35. The number of aliphatic hydroxyl groups excluding tert-OH is 1. The van der Waals surface area contributed by atoms with Gasteiger partial charge in [-0.25, -0.2) is 9.13 Å². The molecule has 14 nitrogen and oxygen atoms in total. The van der Waals surface area contributed by atoms with Crippen LogP contribution in [0.25, 0.3) is 0 Å². The van der Waals surface area contributed by atoms with Crippen molar-refractivity contribution in [1.82, 2.24) is 0 Å². The molecule has 56 heavy (non-hydrogen) atoms. The number of carbonyl (C=O) groups excluding carboxylic acids is 2. The van der Waals surface area contributed by atoms with Gasteiger partial charge in [0, 0.05) is 12.8 Å². The molecule has 0 bridgehead atoms. The van der Waals surface area contributed by atoms with E-state index in [1.807, 2.05) is 18.2 Å². The minimum atomic E-state index is -4.87. The Balaban J connectivity index is 2.40. The van der Waals surface area contributed by atoms with E-state index in [0.717, 1.165) is 57.8 Å². The van der Waals surface area contributed by atoms with E-state index >= 15 is 0 Å². The molecule has 1 heterocycles. The first kappa shape index (κ1) is 51.8. The van der Waals surface area contributed by atoms with Crippen molar-refractivity contribution in [1.29, 1.82) is 0 Å². The van der Waals surface area contributed by atoms with Crippen LogP contribution in [-0.4, -0.2) is 82.6 Å². The van der Waals surface area contributed by atoms with Crippen molar-refractivity contribution in [2.45, 2.75) is 148 Å². The third-order valence-electron chi connectivity index (χ3n) is 8.25. The van der Waals surface area contributed by atoms with Gasteiger partial charge in [-0.3, -0.25) is 23.2 Å².